The Balaban J connectivity index is 1.16. The lowest BCUT2D eigenvalue weighted by atomic mass is 9.90. The smallest absolute Gasteiger partial charge is 0.165 e. The van der Waals surface area contributed by atoms with Gasteiger partial charge in [0.15, 0.2) is 17.5 Å². The van der Waals surface area contributed by atoms with Gasteiger partial charge in [-0.1, -0.05) is 158 Å². The molecule has 1 aliphatic carbocycles. The standard InChI is InChI=1S/C50H31N3S/c1-2-10-31(11-3-1)33-18-21-34(22-19-33)48-51-49(39-23-20-32-12-4-5-13-35(32)28-39)53-50(52-48)47-41(26-25-38-29-36-14-6-7-15-40(36)46(38)47)37-24-27-43-42-16-8-9-17-44(42)54-45(43)30-37/h1-28,30H,29H2. The van der Waals surface area contributed by atoms with Crippen LogP contribution in [0.2, 0.25) is 0 Å². The first-order chi connectivity index (χ1) is 26.7. The van der Waals surface area contributed by atoms with Crippen LogP contribution in [0.4, 0.5) is 0 Å². The van der Waals surface area contributed by atoms with E-state index in [1.807, 2.05) is 17.4 Å². The summed E-state index contributed by atoms with van der Waals surface area (Å²) in [5.74, 6) is 1.98. The Kier molecular flexibility index (Phi) is 7.10. The SMILES string of the molecule is c1ccc(-c2ccc(-c3nc(-c4ccc5ccccc5c4)nc(-c4c(-c5ccc6c(c5)sc5ccccc56)ccc5c4-c4ccccc4C5)n3)cc2)cc1. The molecule has 4 heteroatoms. The van der Waals surface area contributed by atoms with Crippen LogP contribution in [-0.2, 0) is 6.42 Å². The Morgan fingerprint density at radius 1 is 0.352 bits per heavy atom. The molecule has 0 bridgehead atoms. The zero-order chi connectivity index (χ0) is 35.6. The predicted octanol–water partition coefficient (Wildman–Crippen LogP) is 13.3. The van der Waals surface area contributed by atoms with Gasteiger partial charge in [-0.3, -0.25) is 0 Å². The average Bonchev–Trinajstić information content (AvgIpc) is 3.81. The Hall–Kier alpha value is -6.75. The molecule has 0 atom stereocenters. The van der Waals surface area contributed by atoms with Gasteiger partial charge < -0.3 is 0 Å². The lowest BCUT2D eigenvalue weighted by Crippen LogP contribution is -2.03. The minimum absolute atomic E-state index is 0.651. The number of hydrogen-bond acceptors (Lipinski definition) is 4. The van der Waals surface area contributed by atoms with Gasteiger partial charge in [0.2, 0.25) is 0 Å². The maximum atomic E-state index is 5.39. The number of benzene rings is 8. The second-order valence-corrected chi connectivity index (χ2v) is 15.1. The second kappa shape index (κ2) is 12.4. The van der Waals surface area contributed by atoms with Gasteiger partial charge in [-0.25, -0.2) is 15.0 Å². The molecule has 0 amide bonds. The fraction of sp³-hybridized carbons (Fsp3) is 0.0200. The zero-order valence-electron chi connectivity index (χ0n) is 29.2. The molecule has 3 nitrogen and oxygen atoms in total. The van der Waals surface area contributed by atoms with Crippen LogP contribution >= 0.6 is 11.3 Å². The number of nitrogens with zero attached hydrogens (tertiary/aromatic N) is 3. The molecule has 0 aliphatic heterocycles. The summed E-state index contributed by atoms with van der Waals surface area (Å²) in [6.45, 7) is 0. The molecule has 0 unspecified atom stereocenters. The third-order valence-corrected chi connectivity index (χ3v) is 11.9. The highest BCUT2D eigenvalue weighted by molar-refractivity contribution is 7.25. The molecular weight excluding hydrogens is 675 g/mol. The zero-order valence-corrected chi connectivity index (χ0v) is 30.0. The molecule has 11 rings (SSSR count). The molecule has 0 saturated heterocycles. The third kappa shape index (κ3) is 5.14. The third-order valence-electron chi connectivity index (χ3n) is 10.8. The summed E-state index contributed by atoms with van der Waals surface area (Å²) < 4.78 is 2.57. The van der Waals surface area contributed by atoms with Crippen LogP contribution < -0.4 is 0 Å². The summed E-state index contributed by atoms with van der Waals surface area (Å²) in [6, 6.07) is 62.9. The molecule has 1 aliphatic rings. The van der Waals surface area contributed by atoms with Gasteiger partial charge in [0.1, 0.15) is 0 Å². The van der Waals surface area contributed by atoms with E-state index in [1.165, 1.54) is 53.4 Å². The number of fused-ring (bicyclic) bond motifs is 7. The Bertz CT molecular complexity index is 3070. The molecule has 0 saturated carbocycles. The second-order valence-electron chi connectivity index (χ2n) is 14.0. The van der Waals surface area contributed by atoms with E-state index in [-0.39, 0.29) is 0 Å². The van der Waals surface area contributed by atoms with E-state index in [0.29, 0.717) is 17.5 Å². The van der Waals surface area contributed by atoms with E-state index in [0.717, 1.165) is 45.2 Å². The van der Waals surface area contributed by atoms with Crippen LogP contribution in [0.3, 0.4) is 0 Å². The quantitative estimate of drug-likeness (QED) is 0.179. The summed E-state index contributed by atoms with van der Waals surface area (Å²) >= 11 is 1.84. The first-order valence-electron chi connectivity index (χ1n) is 18.3. The van der Waals surface area contributed by atoms with Crippen LogP contribution in [-0.4, -0.2) is 15.0 Å². The summed E-state index contributed by atoms with van der Waals surface area (Å²) in [4.78, 5) is 16.0. The van der Waals surface area contributed by atoms with Gasteiger partial charge in [-0.2, -0.15) is 0 Å². The average molecular weight is 706 g/mol. The molecular formula is C50H31N3S. The van der Waals surface area contributed by atoms with Crippen molar-refractivity contribution in [3.63, 3.8) is 0 Å². The van der Waals surface area contributed by atoms with Gasteiger partial charge in [-0.15, -0.1) is 11.3 Å². The topological polar surface area (TPSA) is 38.7 Å². The van der Waals surface area contributed by atoms with Crippen LogP contribution in [0.5, 0.6) is 0 Å². The molecule has 0 N–H and O–H groups in total. The molecule has 252 valence electrons. The van der Waals surface area contributed by atoms with Crippen molar-refractivity contribution in [2.24, 2.45) is 0 Å². The van der Waals surface area contributed by atoms with Crippen molar-refractivity contribution in [2.75, 3.05) is 0 Å². The Labute approximate surface area is 316 Å². The van der Waals surface area contributed by atoms with E-state index < -0.39 is 0 Å². The summed E-state index contributed by atoms with van der Waals surface area (Å²) in [6.07, 6.45) is 0.880. The predicted molar refractivity (Wildman–Crippen MR) is 226 cm³/mol. The van der Waals surface area contributed by atoms with E-state index >= 15 is 0 Å². The molecule has 0 radical (unpaired) electrons. The van der Waals surface area contributed by atoms with Crippen molar-refractivity contribution >= 4 is 42.3 Å². The molecule has 10 aromatic rings. The molecule has 0 spiro atoms. The van der Waals surface area contributed by atoms with Crippen molar-refractivity contribution in [1.29, 1.82) is 0 Å². The molecule has 2 heterocycles. The summed E-state index contributed by atoms with van der Waals surface area (Å²) in [5, 5.41) is 4.92. The highest BCUT2D eigenvalue weighted by Gasteiger charge is 2.27. The maximum Gasteiger partial charge on any atom is 0.165 e. The van der Waals surface area contributed by atoms with Crippen molar-refractivity contribution in [2.45, 2.75) is 6.42 Å². The molecule has 0 fully saturated rings. The van der Waals surface area contributed by atoms with Crippen LogP contribution in [0.25, 0.3) is 98.5 Å². The molecule has 54 heavy (non-hydrogen) atoms. The van der Waals surface area contributed by atoms with Crippen molar-refractivity contribution < 1.29 is 0 Å². The highest BCUT2D eigenvalue weighted by atomic mass is 32.1. The summed E-state index contributed by atoms with van der Waals surface area (Å²) in [7, 11) is 0. The summed E-state index contributed by atoms with van der Waals surface area (Å²) in [5.41, 5.74) is 12.6. The van der Waals surface area contributed by atoms with Crippen molar-refractivity contribution in [3.05, 3.63) is 187 Å². The molecule has 8 aromatic carbocycles. The number of rotatable bonds is 5. The van der Waals surface area contributed by atoms with Gasteiger partial charge in [-0.05, 0) is 79.9 Å². The number of hydrogen-bond donors (Lipinski definition) is 0. The minimum atomic E-state index is 0.651. The number of aromatic nitrogens is 3. The van der Waals surface area contributed by atoms with E-state index in [9.17, 15) is 0 Å². The largest absolute Gasteiger partial charge is 0.208 e. The van der Waals surface area contributed by atoms with Gasteiger partial charge >= 0.3 is 0 Å². The lowest BCUT2D eigenvalue weighted by Gasteiger charge is -2.17. The first kappa shape index (κ1) is 30.8. The minimum Gasteiger partial charge on any atom is -0.208 e. The fourth-order valence-electron chi connectivity index (χ4n) is 8.11. The monoisotopic (exact) mass is 705 g/mol. The Morgan fingerprint density at radius 2 is 1.00 bits per heavy atom. The van der Waals surface area contributed by atoms with Crippen LogP contribution in [0, 0.1) is 0 Å². The maximum absolute atomic E-state index is 5.39. The van der Waals surface area contributed by atoms with Gasteiger partial charge in [0, 0.05) is 36.9 Å². The Morgan fingerprint density at radius 3 is 1.89 bits per heavy atom. The fourth-order valence-corrected chi connectivity index (χ4v) is 9.25. The molecule has 2 aromatic heterocycles. The van der Waals surface area contributed by atoms with Crippen LogP contribution in [0.1, 0.15) is 11.1 Å². The number of thiophene rings is 1. The first-order valence-corrected chi connectivity index (χ1v) is 19.1. The van der Waals surface area contributed by atoms with Crippen LogP contribution in [0.15, 0.2) is 176 Å². The van der Waals surface area contributed by atoms with Crippen molar-refractivity contribution in [1.82, 2.24) is 15.0 Å². The van der Waals surface area contributed by atoms with Gasteiger partial charge in [0.05, 0.1) is 0 Å². The highest BCUT2D eigenvalue weighted by Crippen LogP contribution is 2.48. The van der Waals surface area contributed by atoms with Crippen molar-refractivity contribution in [3.8, 4) is 67.5 Å². The van der Waals surface area contributed by atoms with Gasteiger partial charge in [0.25, 0.3) is 0 Å². The normalized spacial score (nSPS) is 12.0. The van der Waals surface area contributed by atoms with E-state index in [2.05, 4.69) is 170 Å². The van der Waals surface area contributed by atoms with E-state index in [1.54, 1.807) is 0 Å². The van der Waals surface area contributed by atoms with E-state index in [4.69, 9.17) is 15.0 Å². The lowest BCUT2D eigenvalue weighted by molar-refractivity contribution is 1.07.